The Morgan fingerprint density at radius 2 is 1.87 bits per heavy atom. The number of hydrogen-bond donors (Lipinski definition) is 2. The van der Waals surface area contributed by atoms with E-state index in [0.29, 0.717) is 56.8 Å². The monoisotopic (exact) mass is 418 g/mol. The van der Waals surface area contributed by atoms with Crippen LogP contribution >= 0.6 is 0 Å². The molecule has 0 spiro atoms. The average Bonchev–Trinajstić information content (AvgIpc) is 2.76. The van der Waals surface area contributed by atoms with Crippen molar-refractivity contribution in [2.24, 2.45) is 4.99 Å². The number of hydrogen-bond acceptors (Lipinski definition) is 4. The molecule has 2 aromatic rings. The van der Waals surface area contributed by atoms with Crippen molar-refractivity contribution in [2.75, 3.05) is 44.8 Å². The highest BCUT2D eigenvalue weighted by Gasteiger charge is 2.15. The van der Waals surface area contributed by atoms with E-state index in [0.717, 1.165) is 5.56 Å². The number of ether oxygens (including phenoxy) is 2. The van der Waals surface area contributed by atoms with E-state index in [1.54, 1.807) is 25.2 Å². The van der Waals surface area contributed by atoms with Gasteiger partial charge in [-0.05, 0) is 48.9 Å². The third-order valence-corrected chi connectivity index (χ3v) is 4.76. The molecule has 1 heterocycles. The molecule has 2 aromatic carbocycles. The minimum atomic E-state index is -0.299. The molecule has 1 aliphatic heterocycles. The summed E-state index contributed by atoms with van der Waals surface area (Å²) >= 11 is 0. The number of morpholine rings is 1. The SMILES string of the molecule is CN=C(NCc1ccc(N2CCOCC2)c(F)c1)NCC(C)Oc1ccc(F)cc1. The number of guanidine groups is 1. The normalized spacial score (nSPS) is 15.6. The molecule has 1 atom stereocenters. The molecule has 30 heavy (non-hydrogen) atoms. The van der Waals surface area contributed by atoms with Gasteiger partial charge in [0.2, 0.25) is 0 Å². The summed E-state index contributed by atoms with van der Waals surface area (Å²) in [5.74, 6) is 0.652. The van der Waals surface area contributed by atoms with Crippen molar-refractivity contribution in [3.63, 3.8) is 0 Å². The fourth-order valence-corrected chi connectivity index (χ4v) is 3.16. The van der Waals surface area contributed by atoms with E-state index in [2.05, 4.69) is 15.6 Å². The lowest BCUT2D eigenvalue weighted by Gasteiger charge is -2.29. The van der Waals surface area contributed by atoms with Gasteiger partial charge in [-0.1, -0.05) is 6.07 Å². The minimum absolute atomic E-state index is 0.153. The number of nitrogens with one attached hydrogen (secondary N) is 2. The second-order valence-electron chi connectivity index (χ2n) is 7.07. The Kier molecular flexibility index (Phi) is 7.84. The van der Waals surface area contributed by atoms with E-state index in [1.165, 1.54) is 12.1 Å². The van der Waals surface area contributed by atoms with Gasteiger partial charge in [0, 0.05) is 26.7 Å². The van der Waals surface area contributed by atoms with Gasteiger partial charge in [-0.3, -0.25) is 4.99 Å². The first-order valence-corrected chi connectivity index (χ1v) is 10.0. The number of halogens is 2. The van der Waals surface area contributed by atoms with Crippen LogP contribution in [0.2, 0.25) is 0 Å². The van der Waals surface area contributed by atoms with Gasteiger partial charge in [0.1, 0.15) is 23.5 Å². The molecule has 2 N–H and O–H groups in total. The molecule has 0 amide bonds. The molecule has 0 aliphatic carbocycles. The molecule has 6 nitrogen and oxygen atoms in total. The van der Waals surface area contributed by atoms with E-state index in [1.807, 2.05) is 24.0 Å². The summed E-state index contributed by atoms with van der Waals surface area (Å²) in [5.41, 5.74) is 1.43. The fraction of sp³-hybridized carbons (Fsp3) is 0.409. The highest BCUT2D eigenvalue weighted by atomic mass is 19.1. The lowest BCUT2D eigenvalue weighted by Crippen LogP contribution is -2.41. The van der Waals surface area contributed by atoms with Crippen LogP contribution in [0.25, 0.3) is 0 Å². The van der Waals surface area contributed by atoms with Gasteiger partial charge in [-0.15, -0.1) is 0 Å². The van der Waals surface area contributed by atoms with Crippen molar-refractivity contribution in [1.29, 1.82) is 0 Å². The third kappa shape index (κ3) is 6.32. The van der Waals surface area contributed by atoms with E-state index in [-0.39, 0.29) is 17.7 Å². The lowest BCUT2D eigenvalue weighted by atomic mass is 10.1. The molecule has 0 bridgehead atoms. The first kappa shape index (κ1) is 21.8. The van der Waals surface area contributed by atoms with Crippen LogP contribution < -0.4 is 20.3 Å². The summed E-state index contributed by atoms with van der Waals surface area (Å²) in [6.07, 6.45) is -0.153. The molecule has 162 valence electrons. The van der Waals surface area contributed by atoms with Gasteiger partial charge in [-0.25, -0.2) is 8.78 Å². The van der Waals surface area contributed by atoms with Gasteiger partial charge in [0.25, 0.3) is 0 Å². The van der Waals surface area contributed by atoms with Gasteiger partial charge in [0.15, 0.2) is 5.96 Å². The van der Waals surface area contributed by atoms with E-state index in [4.69, 9.17) is 9.47 Å². The number of benzene rings is 2. The summed E-state index contributed by atoms with van der Waals surface area (Å²) in [4.78, 5) is 6.18. The lowest BCUT2D eigenvalue weighted by molar-refractivity contribution is 0.122. The summed E-state index contributed by atoms with van der Waals surface area (Å²) in [7, 11) is 1.67. The van der Waals surface area contributed by atoms with Crippen molar-refractivity contribution in [3.8, 4) is 5.75 Å². The van der Waals surface area contributed by atoms with Crippen molar-refractivity contribution < 1.29 is 18.3 Å². The molecule has 0 aromatic heterocycles. The largest absolute Gasteiger partial charge is 0.489 e. The Morgan fingerprint density at radius 1 is 1.13 bits per heavy atom. The number of nitrogens with zero attached hydrogens (tertiary/aromatic N) is 2. The van der Waals surface area contributed by atoms with E-state index < -0.39 is 0 Å². The van der Waals surface area contributed by atoms with Crippen LogP contribution in [0.1, 0.15) is 12.5 Å². The predicted octanol–water partition coefficient (Wildman–Crippen LogP) is 2.93. The number of aliphatic imine (C=N–C) groups is 1. The van der Waals surface area contributed by atoms with Gasteiger partial charge < -0.3 is 25.0 Å². The van der Waals surface area contributed by atoms with Crippen LogP contribution in [0.5, 0.6) is 5.75 Å². The van der Waals surface area contributed by atoms with Crippen LogP contribution in [0.4, 0.5) is 14.5 Å². The van der Waals surface area contributed by atoms with Crippen LogP contribution in [-0.4, -0.2) is 52.0 Å². The third-order valence-electron chi connectivity index (χ3n) is 4.76. The molecular formula is C22H28F2N4O2. The van der Waals surface area contributed by atoms with Gasteiger partial charge in [-0.2, -0.15) is 0 Å². The Balaban J connectivity index is 1.46. The maximum Gasteiger partial charge on any atom is 0.191 e. The second-order valence-corrected chi connectivity index (χ2v) is 7.07. The maximum absolute atomic E-state index is 14.5. The first-order chi connectivity index (χ1) is 14.5. The van der Waals surface area contributed by atoms with Crippen molar-refractivity contribution in [1.82, 2.24) is 10.6 Å². The average molecular weight is 418 g/mol. The maximum atomic E-state index is 14.5. The molecule has 8 heteroatoms. The smallest absolute Gasteiger partial charge is 0.191 e. The molecule has 0 radical (unpaired) electrons. The van der Waals surface area contributed by atoms with E-state index in [9.17, 15) is 8.78 Å². The summed E-state index contributed by atoms with van der Waals surface area (Å²) in [6, 6.07) is 11.2. The van der Waals surface area contributed by atoms with Crippen molar-refractivity contribution >= 4 is 11.6 Å². The Morgan fingerprint density at radius 3 is 2.53 bits per heavy atom. The molecule has 3 rings (SSSR count). The molecule has 1 unspecified atom stereocenters. The fourth-order valence-electron chi connectivity index (χ4n) is 3.16. The molecule has 1 fully saturated rings. The highest BCUT2D eigenvalue weighted by Crippen LogP contribution is 2.21. The molecular weight excluding hydrogens is 390 g/mol. The topological polar surface area (TPSA) is 58.1 Å². The Bertz CT molecular complexity index is 840. The number of anilines is 1. The summed E-state index contributed by atoms with van der Waals surface area (Å²) in [6.45, 7) is 5.48. The van der Waals surface area contributed by atoms with Crippen LogP contribution in [0.15, 0.2) is 47.5 Å². The molecule has 1 saturated heterocycles. The van der Waals surface area contributed by atoms with E-state index >= 15 is 0 Å². The minimum Gasteiger partial charge on any atom is -0.489 e. The standard InChI is InChI=1S/C22H28F2N4O2/c1-16(30-19-6-4-18(23)5-7-19)14-26-22(25-2)27-15-17-3-8-21(20(24)13-17)28-9-11-29-12-10-28/h3-8,13,16H,9-12,14-15H2,1-2H3,(H2,25,26,27). The number of rotatable bonds is 7. The molecule has 1 aliphatic rings. The summed E-state index contributed by atoms with van der Waals surface area (Å²) in [5, 5.41) is 6.34. The quantitative estimate of drug-likeness (QED) is 0.535. The zero-order chi connectivity index (χ0) is 21.3. The highest BCUT2D eigenvalue weighted by molar-refractivity contribution is 5.79. The van der Waals surface area contributed by atoms with Gasteiger partial charge in [0.05, 0.1) is 25.4 Å². The van der Waals surface area contributed by atoms with Crippen LogP contribution in [0, 0.1) is 11.6 Å². The molecule has 0 saturated carbocycles. The van der Waals surface area contributed by atoms with Gasteiger partial charge >= 0.3 is 0 Å². The van der Waals surface area contributed by atoms with Crippen LogP contribution in [0.3, 0.4) is 0 Å². The Labute approximate surface area is 175 Å². The zero-order valence-electron chi connectivity index (χ0n) is 17.3. The Hall–Kier alpha value is -2.87. The first-order valence-electron chi connectivity index (χ1n) is 10.0. The second kappa shape index (κ2) is 10.8. The van der Waals surface area contributed by atoms with Crippen molar-refractivity contribution in [2.45, 2.75) is 19.6 Å². The predicted molar refractivity (Wildman–Crippen MR) is 114 cm³/mol. The zero-order valence-corrected chi connectivity index (χ0v) is 17.3. The van der Waals surface area contributed by atoms with Crippen molar-refractivity contribution in [3.05, 3.63) is 59.7 Å². The van der Waals surface area contributed by atoms with Crippen LogP contribution in [-0.2, 0) is 11.3 Å². The summed E-state index contributed by atoms with van der Waals surface area (Å²) < 4.78 is 38.6.